The Balaban J connectivity index is 2.05. The van der Waals surface area contributed by atoms with Crippen molar-refractivity contribution in [3.05, 3.63) is 29.3 Å². The zero-order valence-corrected chi connectivity index (χ0v) is 10.4. The van der Waals surface area contributed by atoms with Gasteiger partial charge in [0.25, 0.3) is 0 Å². The number of amides is 2. The molecule has 5 nitrogen and oxygen atoms in total. The first kappa shape index (κ1) is 12.6. The summed E-state index contributed by atoms with van der Waals surface area (Å²) >= 11 is 0. The van der Waals surface area contributed by atoms with Gasteiger partial charge in [-0.15, -0.1) is 0 Å². The average Bonchev–Trinajstić information content (AvgIpc) is 2.37. The molecule has 1 heterocycles. The molecule has 3 N–H and O–H groups in total. The highest BCUT2D eigenvalue weighted by molar-refractivity contribution is 5.95. The van der Waals surface area contributed by atoms with E-state index >= 15 is 0 Å². The van der Waals surface area contributed by atoms with E-state index in [1.807, 2.05) is 12.1 Å². The molecule has 0 spiro atoms. The molecule has 0 bridgehead atoms. The molecule has 18 heavy (non-hydrogen) atoms. The van der Waals surface area contributed by atoms with Gasteiger partial charge in [-0.2, -0.15) is 0 Å². The van der Waals surface area contributed by atoms with Crippen molar-refractivity contribution >= 4 is 17.5 Å². The van der Waals surface area contributed by atoms with Crippen LogP contribution in [0.5, 0.6) is 0 Å². The average molecular weight is 247 g/mol. The third-order valence-electron chi connectivity index (χ3n) is 2.92. The fourth-order valence-corrected chi connectivity index (χ4v) is 2.03. The number of rotatable bonds is 3. The molecule has 1 aromatic carbocycles. The van der Waals surface area contributed by atoms with Crippen LogP contribution in [-0.2, 0) is 22.6 Å². The minimum Gasteiger partial charge on any atom is -0.347 e. The summed E-state index contributed by atoms with van der Waals surface area (Å²) in [6, 6.07) is 5.91. The first-order chi connectivity index (χ1) is 8.66. The number of benzene rings is 1. The summed E-state index contributed by atoms with van der Waals surface area (Å²) in [5.41, 5.74) is 3.24. The third kappa shape index (κ3) is 3.07. The van der Waals surface area contributed by atoms with Gasteiger partial charge in [0.1, 0.15) is 0 Å². The van der Waals surface area contributed by atoms with Crippen LogP contribution < -0.4 is 16.0 Å². The second-order valence-corrected chi connectivity index (χ2v) is 4.33. The molecule has 0 fully saturated rings. The van der Waals surface area contributed by atoms with Crippen molar-refractivity contribution in [1.29, 1.82) is 0 Å². The van der Waals surface area contributed by atoms with Crippen molar-refractivity contribution in [3.63, 3.8) is 0 Å². The molecule has 96 valence electrons. The molecule has 1 aliphatic heterocycles. The van der Waals surface area contributed by atoms with Crippen molar-refractivity contribution in [3.8, 4) is 0 Å². The molecule has 0 saturated heterocycles. The Bertz CT molecular complexity index is 471. The Labute approximate surface area is 106 Å². The van der Waals surface area contributed by atoms with E-state index in [0.717, 1.165) is 30.8 Å². The summed E-state index contributed by atoms with van der Waals surface area (Å²) < 4.78 is 0. The highest BCUT2D eigenvalue weighted by Crippen LogP contribution is 2.22. The Morgan fingerprint density at radius 3 is 3.00 bits per heavy atom. The highest BCUT2D eigenvalue weighted by atomic mass is 16.2. The molecule has 5 heteroatoms. The van der Waals surface area contributed by atoms with Gasteiger partial charge in [-0.1, -0.05) is 12.1 Å². The number of anilines is 1. The molecule has 0 atom stereocenters. The SMILES string of the molecule is CC(=O)NCC(=O)Nc1cccc2c1CNCC2. The van der Waals surface area contributed by atoms with Crippen molar-refractivity contribution < 1.29 is 9.59 Å². The number of hydrogen-bond acceptors (Lipinski definition) is 3. The van der Waals surface area contributed by atoms with Crippen LogP contribution in [0.4, 0.5) is 5.69 Å². The van der Waals surface area contributed by atoms with E-state index in [9.17, 15) is 9.59 Å². The van der Waals surface area contributed by atoms with Gasteiger partial charge < -0.3 is 16.0 Å². The predicted molar refractivity (Wildman–Crippen MR) is 69.2 cm³/mol. The maximum Gasteiger partial charge on any atom is 0.243 e. The molecule has 1 aliphatic rings. The molecule has 1 aromatic rings. The van der Waals surface area contributed by atoms with Gasteiger partial charge in [0.15, 0.2) is 0 Å². The van der Waals surface area contributed by atoms with Gasteiger partial charge in [0, 0.05) is 19.2 Å². The van der Waals surface area contributed by atoms with Crippen LogP contribution in [0.3, 0.4) is 0 Å². The molecule has 2 amide bonds. The topological polar surface area (TPSA) is 70.2 Å². The van der Waals surface area contributed by atoms with E-state index in [1.54, 1.807) is 0 Å². The number of nitrogens with one attached hydrogen (secondary N) is 3. The minimum atomic E-state index is -0.207. The highest BCUT2D eigenvalue weighted by Gasteiger charge is 2.13. The first-order valence-electron chi connectivity index (χ1n) is 6.02. The monoisotopic (exact) mass is 247 g/mol. The van der Waals surface area contributed by atoms with Crippen LogP contribution in [0.25, 0.3) is 0 Å². The van der Waals surface area contributed by atoms with Crippen LogP contribution >= 0.6 is 0 Å². The van der Waals surface area contributed by atoms with Gasteiger partial charge in [-0.25, -0.2) is 0 Å². The lowest BCUT2D eigenvalue weighted by atomic mass is 9.99. The summed E-state index contributed by atoms with van der Waals surface area (Å²) in [5.74, 6) is -0.411. The molecule has 0 saturated carbocycles. The second-order valence-electron chi connectivity index (χ2n) is 4.33. The number of hydrogen-bond donors (Lipinski definition) is 3. The van der Waals surface area contributed by atoms with Crippen LogP contribution in [0.1, 0.15) is 18.1 Å². The van der Waals surface area contributed by atoms with E-state index in [0.29, 0.717) is 0 Å². The molecule has 0 aliphatic carbocycles. The van der Waals surface area contributed by atoms with Crippen LogP contribution in [0.2, 0.25) is 0 Å². The molecule has 2 rings (SSSR count). The standard InChI is InChI=1S/C13H17N3O2/c1-9(17)15-8-13(18)16-12-4-2-3-10-5-6-14-7-11(10)12/h2-4,14H,5-8H2,1H3,(H,15,17)(H,16,18). The molecule has 0 unspecified atom stereocenters. The van der Waals surface area contributed by atoms with Crippen molar-refractivity contribution in [2.45, 2.75) is 19.9 Å². The van der Waals surface area contributed by atoms with E-state index in [2.05, 4.69) is 22.0 Å². The lowest BCUT2D eigenvalue weighted by molar-refractivity contribution is -0.122. The maximum absolute atomic E-state index is 11.7. The third-order valence-corrected chi connectivity index (χ3v) is 2.92. The number of carbonyl (C=O) groups excluding carboxylic acids is 2. The van der Waals surface area contributed by atoms with Crippen molar-refractivity contribution in [2.75, 3.05) is 18.4 Å². The number of fused-ring (bicyclic) bond motifs is 1. The first-order valence-corrected chi connectivity index (χ1v) is 6.02. The Kier molecular flexibility index (Phi) is 3.94. The minimum absolute atomic E-state index is 0.00638. The van der Waals surface area contributed by atoms with Gasteiger partial charge in [-0.3, -0.25) is 9.59 Å². The molecular formula is C13H17N3O2. The summed E-state index contributed by atoms with van der Waals surface area (Å²) in [6.45, 7) is 3.14. The Morgan fingerprint density at radius 2 is 2.22 bits per heavy atom. The van der Waals surface area contributed by atoms with E-state index in [1.165, 1.54) is 12.5 Å². The fraction of sp³-hybridized carbons (Fsp3) is 0.385. The summed E-state index contributed by atoms with van der Waals surface area (Å²) in [6.07, 6.45) is 0.977. The predicted octanol–water partition coefficient (Wildman–Crippen LogP) is 0.407. The van der Waals surface area contributed by atoms with E-state index in [4.69, 9.17) is 0 Å². The summed E-state index contributed by atoms with van der Waals surface area (Å²) in [5, 5.41) is 8.59. The quantitative estimate of drug-likeness (QED) is 0.724. The van der Waals surface area contributed by atoms with E-state index < -0.39 is 0 Å². The smallest absolute Gasteiger partial charge is 0.243 e. The van der Waals surface area contributed by atoms with Crippen LogP contribution in [-0.4, -0.2) is 24.9 Å². The van der Waals surface area contributed by atoms with Gasteiger partial charge in [0.2, 0.25) is 11.8 Å². The molecular weight excluding hydrogens is 230 g/mol. The normalized spacial score (nSPS) is 13.6. The zero-order valence-electron chi connectivity index (χ0n) is 10.4. The van der Waals surface area contributed by atoms with Crippen LogP contribution in [0, 0.1) is 0 Å². The van der Waals surface area contributed by atoms with Crippen molar-refractivity contribution in [1.82, 2.24) is 10.6 Å². The van der Waals surface area contributed by atoms with Crippen molar-refractivity contribution in [2.24, 2.45) is 0 Å². The van der Waals surface area contributed by atoms with E-state index in [-0.39, 0.29) is 18.4 Å². The Morgan fingerprint density at radius 1 is 1.39 bits per heavy atom. The largest absolute Gasteiger partial charge is 0.347 e. The maximum atomic E-state index is 11.7. The van der Waals surface area contributed by atoms with Gasteiger partial charge in [-0.05, 0) is 30.2 Å². The van der Waals surface area contributed by atoms with Gasteiger partial charge in [0.05, 0.1) is 6.54 Å². The molecule has 0 aromatic heterocycles. The lowest BCUT2D eigenvalue weighted by Crippen LogP contribution is -2.32. The fourth-order valence-electron chi connectivity index (χ4n) is 2.03. The van der Waals surface area contributed by atoms with Gasteiger partial charge >= 0.3 is 0 Å². The van der Waals surface area contributed by atoms with Crippen LogP contribution in [0.15, 0.2) is 18.2 Å². The Hall–Kier alpha value is -1.88. The lowest BCUT2D eigenvalue weighted by Gasteiger charge is -2.20. The molecule has 0 radical (unpaired) electrons. The second kappa shape index (κ2) is 5.64. The zero-order chi connectivity index (χ0) is 13.0. The summed E-state index contributed by atoms with van der Waals surface area (Å²) in [7, 11) is 0. The number of carbonyl (C=O) groups is 2. The summed E-state index contributed by atoms with van der Waals surface area (Å²) in [4.78, 5) is 22.4.